The minimum absolute atomic E-state index is 0.114. The summed E-state index contributed by atoms with van der Waals surface area (Å²) in [6, 6.07) is 14.1. The lowest BCUT2D eigenvalue weighted by Gasteiger charge is -2.29. The standard InChI is InChI=1S/C22H26Cl2N2O2S/c1-15(2)12-25-22(28)16(3)26(13-17-5-4-6-19(24)11-17)21(27)14-29-20-9-7-18(23)8-10-20/h4-11,15-16H,12-14H2,1-3H3,(H,25,28)/t16-/m0/s1. The largest absolute Gasteiger partial charge is 0.354 e. The lowest BCUT2D eigenvalue weighted by molar-refractivity contribution is -0.138. The number of rotatable bonds is 9. The molecule has 0 fully saturated rings. The van der Waals surface area contributed by atoms with Gasteiger partial charge in [0.25, 0.3) is 0 Å². The molecule has 156 valence electrons. The zero-order chi connectivity index (χ0) is 21.4. The van der Waals surface area contributed by atoms with E-state index in [4.69, 9.17) is 23.2 Å². The number of halogens is 2. The molecule has 0 aliphatic carbocycles. The Morgan fingerprint density at radius 2 is 1.72 bits per heavy atom. The van der Waals surface area contributed by atoms with Crippen molar-refractivity contribution in [2.45, 2.75) is 38.3 Å². The summed E-state index contributed by atoms with van der Waals surface area (Å²) in [5, 5.41) is 4.17. The van der Waals surface area contributed by atoms with Crippen molar-refractivity contribution in [2.24, 2.45) is 5.92 Å². The third-order valence-corrected chi connectivity index (χ3v) is 5.75. The fourth-order valence-electron chi connectivity index (χ4n) is 2.63. The van der Waals surface area contributed by atoms with Crippen molar-refractivity contribution in [3.8, 4) is 0 Å². The third-order valence-electron chi connectivity index (χ3n) is 4.27. The van der Waals surface area contributed by atoms with Crippen LogP contribution in [0.4, 0.5) is 0 Å². The maximum Gasteiger partial charge on any atom is 0.242 e. The first kappa shape index (κ1) is 23.6. The Morgan fingerprint density at radius 1 is 1.03 bits per heavy atom. The molecule has 0 saturated heterocycles. The summed E-state index contributed by atoms with van der Waals surface area (Å²) in [5.74, 6) is 0.288. The van der Waals surface area contributed by atoms with Gasteiger partial charge in [0, 0.05) is 28.0 Å². The van der Waals surface area contributed by atoms with E-state index in [1.54, 1.807) is 30.0 Å². The maximum atomic E-state index is 13.0. The minimum atomic E-state index is -0.592. The van der Waals surface area contributed by atoms with Gasteiger partial charge in [-0.2, -0.15) is 0 Å². The molecule has 0 aliphatic heterocycles. The highest BCUT2D eigenvalue weighted by atomic mass is 35.5. The molecule has 4 nitrogen and oxygen atoms in total. The van der Waals surface area contributed by atoms with Crippen LogP contribution in [0.15, 0.2) is 53.4 Å². The van der Waals surface area contributed by atoms with E-state index in [0.717, 1.165) is 10.5 Å². The molecule has 1 atom stereocenters. The molecule has 29 heavy (non-hydrogen) atoms. The van der Waals surface area contributed by atoms with Crippen molar-refractivity contribution in [1.29, 1.82) is 0 Å². The van der Waals surface area contributed by atoms with Gasteiger partial charge < -0.3 is 10.2 Å². The number of amides is 2. The van der Waals surface area contributed by atoms with Crippen LogP contribution < -0.4 is 5.32 Å². The highest BCUT2D eigenvalue weighted by Crippen LogP contribution is 2.22. The molecule has 0 aliphatic rings. The van der Waals surface area contributed by atoms with Crippen molar-refractivity contribution >= 4 is 46.8 Å². The van der Waals surface area contributed by atoms with Gasteiger partial charge in [-0.05, 0) is 54.8 Å². The van der Waals surface area contributed by atoms with Crippen LogP contribution in [0.3, 0.4) is 0 Å². The summed E-state index contributed by atoms with van der Waals surface area (Å²) in [6.07, 6.45) is 0. The Hall–Kier alpha value is -1.69. The molecule has 1 N–H and O–H groups in total. The van der Waals surface area contributed by atoms with E-state index in [1.807, 2.05) is 44.2 Å². The fraction of sp³-hybridized carbons (Fsp3) is 0.364. The number of benzene rings is 2. The predicted molar refractivity (Wildman–Crippen MR) is 121 cm³/mol. The molecule has 0 radical (unpaired) electrons. The van der Waals surface area contributed by atoms with Gasteiger partial charge in [-0.25, -0.2) is 0 Å². The van der Waals surface area contributed by atoms with Gasteiger partial charge in [0.2, 0.25) is 11.8 Å². The molecule has 0 aromatic heterocycles. The summed E-state index contributed by atoms with van der Waals surface area (Å²) in [5.41, 5.74) is 0.880. The third kappa shape index (κ3) is 7.92. The molecule has 2 aromatic carbocycles. The monoisotopic (exact) mass is 452 g/mol. The first-order chi connectivity index (χ1) is 13.8. The van der Waals surface area contributed by atoms with Crippen LogP contribution >= 0.6 is 35.0 Å². The number of carbonyl (C=O) groups is 2. The summed E-state index contributed by atoms with van der Waals surface area (Å²) in [4.78, 5) is 28.2. The Kier molecular flexibility index (Phi) is 9.34. The molecular weight excluding hydrogens is 427 g/mol. The van der Waals surface area contributed by atoms with Crippen LogP contribution in [0, 0.1) is 5.92 Å². The van der Waals surface area contributed by atoms with Crippen LogP contribution in [-0.4, -0.2) is 35.1 Å². The molecule has 0 spiro atoms. The predicted octanol–water partition coefficient (Wildman–Crippen LogP) is 5.28. The van der Waals surface area contributed by atoms with E-state index in [-0.39, 0.29) is 17.6 Å². The zero-order valence-corrected chi connectivity index (χ0v) is 19.2. The van der Waals surface area contributed by atoms with Crippen LogP contribution in [0.1, 0.15) is 26.3 Å². The Balaban J connectivity index is 2.12. The average molecular weight is 453 g/mol. The lowest BCUT2D eigenvalue weighted by atomic mass is 10.1. The number of carbonyl (C=O) groups excluding carboxylic acids is 2. The van der Waals surface area contributed by atoms with E-state index in [9.17, 15) is 9.59 Å². The summed E-state index contributed by atoms with van der Waals surface area (Å²) < 4.78 is 0. The number of nitrogens with zero attached hydrogens (tertiary/aromatic N) is 1. The molecule has 0 heterocycles. The van der Waals surface area contributed by atoms with E-state index < -0.39 is 6.04 Å². The lowest BCUT2D eigenvalue weighted by Crippen LogP contribution is -2.48. The van der Waals surface area contributed by atoms with E-state index in [0.29, 0.717) is 29.1 Å². The fourth-order valence-corrected chi connectivity index (χ4v) is 3.75. The Labute approximate surface area is 187 Å². The quantitative estimate of drug-likeness (QED) is 0.526. The first-order valence-electron chi connectivity index (χ1n) is 9.46. The smallest absolute Gasteiger partial charge is 0.242 e. The molecule has 0 unspecified atom stereocenters. The van der Waals surface area contributed by atoms with Gasteiger partial charge in [0.1, 0.15) is 6.04 Å². The zero-order valence-electron chi connectivity index (χ0n) is 16.8. The molecule has 7 heteroatoms. The van der Waals surface area contributed by atoms with Crippen molar-refractivity contribution in [2.75, 3.05) is 12.3 Å². The van der Waals surface area contributed by atoms with Gasteiger partial charge in [-0.3, -0.25) is 9.59 Å². The van der Waals surface area contributed by atoms with Crippen molar-refractivity contribution in [3.05, 3.63) is 64.1 Å². The van der Waals surface area contributed by atoms with Crippen LogP contribution in [0.2, 0.25) is 10.0 Å². The van der Waals surface area contributed by atoms with Crippen molar-refractivity contribution in [1.82, 2.24) is 10.2 Å². The highest BCUT2D eigenvalue weighted by Gasteiger charge is 2.26. The van der Waals surface area contributed by atoms with Gasteiger partial charge in [-0.1, -0.05) is 49.2 Å². The van der Waals surface area contributed by atoms with Crippen LogP contribution in [0.25, 0.3) is 0 Å². The van der Waals surface area contributed by atoms with Crippen LogP contribution in [0.5, 0.6) is 0 Å². The van der Waals surface area contributed by atoms with E-state index >= 15 is 0 Å². The number of hydrogen-bond acceptors (Lipinski definition) is 3. The first-order valence-corrected chi connectivity index (χ1v) is 11.2. The van der Waals surface area contributed by atoms with Gasteiger partial charge in [-0.15, -0.1) is 11.8 Å². The number of nitrogens with one attached hydrogen (secondary N) is 1. The highest BCUT2D eigenvalue weighted by molar-refractivity contribution is 8.00. The summed E-state index contributed by atoms with van der Waals surface area (Å²) >= 11 is 13.4. The molecule has 2 amide bonds. The van der Waals surface area contributed by atoms with Crippen molar-refractivity contribution < 1.29 is 9.59 Å². The molecule has 2 rings (SSSR count). The summed E-state index contributed by atoms with van der Waals surface area (Å²) in [6.45, 7) is 6.70. The van der Waals surface area contributed by atoms with Gasteiger partial charge in [0.05, 0.1) is 5.75 Å². The SMILES string of the molecule is CC(C)CNC(=O)[C@H](C)N(Cc1cccc(Cl)c1)C(=O)CSc1ccc(Cl)cc1. The van der Waals surface area contributed by atoms with E-state index in [2.05, 4.69) is 5.32 Å². The minimum Gasteiger partial charge on any atom is -0.354 e. The molecular formula is C22H26Cl2N2O2S. The number of hydrogen-bond donors (Lipinski definition) is 1. The topological polar surface area (TPSA) is 49.4 Å². The Morgan fingerprint density at radius 3 is 2.34 bits per heavy atom. The molecule has 0 saturated carbocycles. The van der Waals surface area contributed by atoms with Crippen LogP contribution in [-0.2, 0) is 16.1 Å². The molecule has 0 bridgehead atoms. The number of thioether (sulfide) groups is 1. The van der Waals surface area contributed by atoms with E-state index in [1.165, 1.54) is 11.8 Å². The second kappa shape index (κ2) is 11.5. The Bertz CT molecular complexity index is 828. The average Bonchev–Trinajstić information content (AvgIpc) is 2.69. The van der Waals surface area contributed by atoms with Gasteiger partial charge >= 0.3 is 0 Å². The second-order valence-electron chi connectivity index (χ2n) is 7.21. The maximum absolute atomic E-state index is 13.0. The van der Waals surface area contributed by atoms with Crippen molar-refractivity contribution in [3.63, 3.8) is 0 Å². The molecule has 2 aromatic rings. The second-order valence-corrected chi connectivity index (χ2v) is 9.13. The van der Waals surface area contributed by atoms with Gasteiger partial charge in [0.15, 0.2) is 0 Å². The normalized spacial score (nSPS) is 11.9. The summed E-state index contributed by atoms with van der Waals surface area (Å²) in [7, 11) is 0.